The van der Waals surface area contributed by atoms with E-state index in [1.54, 1.807) is 6.07 Å². The standard InChI is InChI=1S/C15H18N2O2/c1-10-4-5-14-12(6-10)13(18)7-15(19-14)17-8-11(9-17)16(2)3/h4-7,11H,8-9H2,1-3H3. The van der Waals surface area contributed by atoms with E-state index in [4.69, 9.17) is 4.42 Å². The lowest BCUT2D eigenvalue weighted by Gasteiger charge is -2.42. The average Bonchev–Trinajstić information content (AvgIpc) is 2.27. The monoisotopic (exact) mass is 258 g/mol. The summed E-state index contributed by atoms with van der Waals surface area (Å²) in [6.07, 6.45) is 0. The Hall–Kier alpha value is -1.81. The quantitative estimate of drug-likeness (QED) is 0.824. The van der Waals surface area contributed by atoms with Crippen molar-refractivity contribution in [2.24, 2.45) is 0 Å². The van der Waals surface area contributed by atoms with E-state index in [-0.39, 0.29) is 5.43 Å². The van der Waals surface area contributed by atoms with E-state index in [2.05, 4.69) is 23.9 Å². The summed E-state index contributed by atoms with van der Waals surface area (Å²) in [5, 5.41) is 0.661. The molecule has 19 heavy (non-hydrogen) atoms. The van der Waals surface area contributed by atoms with Gasteiger partial charge in [-0.3, -0.25) is 4.79 Å². The van der Waals surface area contributed by atoms with Gasteiger partial charge in [-0.2, -0.15) is 0 Å². The van der Waals surface area contributed by atoms with Gasteiger partial charge in [-0.05, 0) is 33.2 Å². The largest absolute Gasteiger partial charge is 0.440 e. The van der Waals surface area contributed by atoms with Gasteiger partial charge in [0, 0.05) is 25.2 Å². The van der Waals surface area contributed by atoms with Crippen molar-refractivity contribution in [2.45, 2.75) is 13.0 Å². The first-order chi connectivity index (χ1) is 9.04. The third-order valence-electron chi connectivity index (χ3n) is 3.77. The number of fused-ring (bicyclic) bond motifs is 1. The second-order valence-corrected chi connectivity index (χ2v) is 5.47. The van der Waals surface area contributed by atoms with Crippen LogP contribution in [0.2, 0.25) is 0 Å². The SMILES string of the molecule is Cc1ccc2oc(N3CC(N(C)C)C3)cc(=O)c2c1. The minimum Gasteiger partial charge on any atom is -0.440 e. The first-order valence-corrected chi connectivity index (χ1v) is 6.50. The van der Waals surface area contributed by atoms with Crippen molar-refractivity contribution in [1.29, 1.82) is 0 Å². The predicted octanol–water partition coefficient (Wildman–Crippen LogP) is 1.85. The van der Waals surface area contributed by atoms with Crippen molar-refractivity contribution in [3.63, 3.8) is 0 Å². The molecule has 4 heteroatoms. The molecule has 0 aliphatic carbocycles. The van der Waals surface area contributed by atoms with Gasteiger partial charge in [-0.25, -0.2) is 0 Å². The van der Waals surface area contributed by atoms with Gasteiger partial charge in [0.1, 0.15) is 5.58 Å². The lowest BCUT2D eigenvalue weighted by Crippen LogP contribution is -2.57. The van der Waals surface area contributed by atoms with E-state index in [0.29, 0.717) is 22.9 Å². The third-order valence-corrected chi connectivity index (χ3v) is 3.77. The highest BCUT2D eigenvalue weighted by Crippen LogP contribution is 2.25. The summed E-state index contributed by atoms with van der Waals surface area (Å²) in [5.41, 5.74) is 1.78. The Morgan fingerprint density at radius 2 is 2.00 bits per heavy atom. The number of nitrogens with zero attached hydrogens (tertiary/aromatic N) is 2. The fourth-order valence-corrected chi connectivity index (χ4v) is 2.38. The first kappa shape index (κ1) is 12.2. The molecule has 1 aromatic carbocycles. The molecule has 0 amide bonds. The molecule has 4 nitrogen and oxygen atoms in total. The van der Waals surface area contributed by atoms with Crippen LogP contribution in [0.4, 0.5) is 5.88 Å². The molecule has 0 bridgehead atoms. The smallest absolute Gasteiger partial charge is 0.200 e. The molecule has 0 unspecified atom stereocenters. The zero-order valence-electron chi connectivity index (χ0n) is 11.5. The van der Waals surface area contributed by atoms with Crippen LogP contribution in [0.1, 0.15) is 5.56 Å². The van der Waals surface area contributed by atoms with Crippen LogP contribution < -0.4 is 10.3 Å². The average molecular weight is 258 g/mol. The molecule has 2 heterocycles. The Morgan fingerprint density at radius 1 is 1.26 bits per heavy atom. The molecule has 1 aromatic heterocycles. The minimum absolute atomic E-state index is 0.0354. The molecule has 0 atom stereocenters. The highest BCUT2D eigenvalue weighted by Gasteiger charge is 2.30. The zero-order valence-corrected chi connectivity index (χ0v) is 11.5. The summed E-state index contributed by atoms with van der Waals surface area (Å²) in [6, 6.07) is 7.86. The van der Waals surface area contributed by atoms with Gasteiger partial charge < -0.3 is 14.2 Å². The lowest BCUT2D eigenvalue weighted by atomic mass is 10.1. The van der Waals surface area contributed by atoms with Crippen LogP contribution in [0.15, 0.2) is 33.5 Å². The summed E-state index contributed by atoms with van der Waals surface area (Å²) >= 11 is 0. The van der Waals surface area contributed by atoms with E-state index in [9.17, 15) is 4.79 Å². The van der Waals surface area contributed by atoms with Gasteiger partial charge >= 0.3 is 0 Å². The van der Waals surface area contributed by atoms with E-state index in [1.807, 2.05) is 25.1 Å². The number of rotatable bonds is 2. The maximum Gasteiger partial charge on any atom is 0.200 e. The molecule has 100 valence electrons. The van der Waals surface area contributed by atoms with Crippen molar-refractivity contribution in [3.8, 4) is 0 Å². The van der Waals surface area contributed by atoms with Crippen LogP contribution in [0, 0.1) is 6.92 Å². The Bertz CT molecular complexity index is 669. The number of hydrogen-bond acceptors (Lipinski definition) is 4. The van der Waals surface area contributed by atoms with Crippen LogP contribution in [0.3, 0.4) is 0 Å². The van der Waals surface area contributed by atoms with Crippen molar-refractivity contribution in [2.75, 3.05) is 32.1 Å². The maximum atomic E-state index is 12.1. The second-order valence-electron chi connectivity index (χ2n) is 5.47. The van der Waals surface area contributed by atoms with Crippen LogP contribution >= 0.6 is 0 Å². The topological polar surface area (TPSA) is 36.7 Å². The molecule has 1 aliphatic heterocycles. The summed E-state index contributed by atoms with van der Waals surface area (Å²) in [5.74, 6) is 0.680. The van der Waals surface area contributed by atoms with Crippen LogP contribution in [0.25, 0.3) is 11.0 Å². The normalized spacial score (nSPS) is 16.1. The van der Waals surface area contributed by atoms with Crippen LogP contribution in [-0.2, 0) is 0 Å². The van der Waals surface area contributed by atoms with E-state index < -0.39 is 0 Å². The van der Waals surface area contributed by atoms with Gasteiger partial charge in [-0.1, -0.05) is 11.6 Å². The highest BCUT2D eigenvalue weighted by molar-refractivity contribution is 5.78. The molecule has 0 spiro atoms. The van der Waals surface area contributed by atoms with E-state index in [1.165, 1.54) is 0 Å². The van der Waals surface area contributed by atoms with Gasteiger partial charge in [0.05, 0.1) is 5.39 Å². The van der Waals surface area contributed by atoms with Crippen molar-refractivity contribution in [3.05, 3.63) is 40.1 Å². The fourth-order valence-electron chi connectivity index (χ4n) is 2.38. The summed E-state index contributed by atoms with van der Waals surface area (Å²) in [6.45, 7) is 3.80. The summed E-state index contributed by atoms with van der Waals surface area (Å²) in [7, 11) is 4.14. The fraction of sp³-hybridized carbons (Fsp3) is 0.400. The van der Waals surface area contributed by atoms with Gasteiger partial charge in [0.2, 0.25) is 0 Å². The second kappa shape index (κ2) is 4.38. The van der Waals surface area contributed by atoms with Gasteiger partial charge in [0.15, 0.2) is 11.3 Å². The molecule has 2 aromatic rings. The highest BCUT2D eigenvalue weighted by atomic mass is 16.4. The van der Waals surface area contributed by atoms with Crippen LogP contribution in [-0.4, -0.2) is 38.1 Å². The molecular formula is C15H18N2O2. The molecular weight excluding hydrogens is 240 g/mol. The van der Waals surface area contributed by atoms with Gasteiger partial charge in [-0.15, -0.1) is 0 Å². The zero-order chi connectivity index (χ0) is 13.6. The Labute approximate surface area is 112 Å². The predicted molar refractivity (Wildman–Crippen MR) is 76.9 cm³/mol. The molecule has 0 N–H and O–H groups in total. The number of likely N-dealkylation sites (N-methyl/N-ethyl adjacent to an activating group) is 1. The molecule has 0 radical (unpaired) electrons. The number of benzene rings is 1. The molecule has 0 saturated carbocycles. The number of hydrogen-bond donors (Lipinski definition) is 0. The van der Waals surface area contributed by atoms with Crippen molar-refractivity contribution < 1.29 is 4.42 Å². The van der Waals surface area contributed by atoms with Crippen molar-refractivity contribution in [1.82, 2.24) is 4.90 Å². The minimum atomic E-state index is 0.0354. The Kier molecular flexibility index (Phi) is 2.82. The van der Waals surface area contributed by atoms with E-state index in [0.717, 1.165) is 18.7 Å². The lowest BCUT2D eigenvalue weighted by molar-refractivity contribution is 0.240. The number of aryl methyl sites for hydroxylation is 1. The molecule has 1 saturated heterocycles. The van der Waals surface area contributed by atoms with Crippen LogP contribution in [0.5, 0.6) is 0 Å². The molecule has 1 fully saturated rings. The number of anilines is 1. The molecule has 1 aliphatic rings. The third kappa shape index (κ3) is 2.12. The summed E-state index contributed by atoms with van der Waals surface area (Å²) in [4.78, 5) is 16.4. The Morgan fingerprint density at radius 3 is 2.68 bits per heavy atom. The van der Waals surface area contributed by atoms with Crippen molar-refractivity contribution >= 4 is 16.9 Å². The van der Waals surface area contributed by atoms with E-state index >= 15 is 0 Å². The summed E-state index contributed by atoms with van der Waals surface area (Å²) < 4.78 is 5.84. The molecule has 3 rings (SSSR count). The maximum absolute atomic E-state index is 12.1. The van der Waals surface area contributed by atoms with Gasteiger partial charge in [0.25, 0.3) is 0 Å². The first-order valence-electron chi connectivity index (χ1n) is 6.50. The Balaban J connectivity index is 1.95.